The van der Waals surface area contributed by atoms with Gasteiger partial charge in [-0.25, -0.2) is 4.79 Å². The molecule has 0 bridgehead atoms. The molecule has 1 aromatic heterocycles. The zero-order valence-corrected chi connectivity index (χ0v) is 27.5. The van der Waals surface area contributed by atoms with Crippen LogP contribution in [0.3, 0.4) is 0 Å². The molecule has 0 saturated carbocycles. The molecule has 12 nitrogen and oxygen atoms in total. The first-order valence-corrected chi connectivity index (χ1v) is 14.9. The van der Waals surface area contributed by atoms with Crippen molar-refractivity contribution in [2.24, 2.45) is 0 Å². The maximum Gasteiger partial charge on any atom is 0.344 e. The van der Waals surface area contributed by atoms with Crippen molar-refractivity contribution < 1.29 is 47.2 Å². The molecule has 12 heteroatoms. The molecule has 0 amide bonds. The molecule has 1 fully saturated rings. The second-order valence-corrected chi connectivity index (χ2v) is 11.6. The Morgan fingerprint density at radius 1 is 0.830 bits per heavy atom. The molecule has 0 radical (unpaired) electrons. The smallest absolute Gasteiger partial charge is 0.344 e. The molecule has 0 aliphatic carbocycles. The van der Waals surface area contributed by atoms with Gasteiger partial charge in [-0.1, -0.05) is 18.7 Å². The maximum absolute atomic E-state index is 13.7. The van der Waals surface area contributed by atoms with Gasteiger partial charge in [0.1, 0.15) is 35.0 Å². The number of nitrogens with zero attached hydrogens (tertiary/aromatic N) is 1. The largest absolute Gasteiger partial charge is 0.496 e. The Morgan fingerprint density at radius 2 is 1.47 bits per heavy atom. The first kappa shape index (κ1) is 33.4. The van der Waals surface area contributed by atoms with E-state index in [4.69, 9.17) is 32.8 Å². The molecule has 1 aliphatic heterocycles. The van der Waals surface area contributed by atoms with Crippen molar-refractivity contribution in [2.45, 2.75) is 58.2 Å². The molecule has 4 aromatic rings. The zero-order valence-electron chi connectivity index (χ0n) is 27.5. The van der Waals surface area contributed by atoms with E-state index < -0.39 is 54.0 Å². The lowest BCUT2D eigenvalue weighted by atomic mass is 9.85. The van der Waals surface area contributed by atoms with Crippen LogP contribution in [0.2, 0.25) is 0 Å². The molecule has 248 valence electrons. The number of hydrogen-bond donors (Lipinski definition) is 0. The Kier molecular flexibility index (Phi) is 9.28. The first-order chi connectivity index (χ1) is 22.3. The third-order valence-electron chi connectivity index (χ3n) is 8.23. The fourth-order valence-corrected chi connectivity index (χ4v) is 6.47. The lowest BCUT2D eigenvalue weighted by Crippen LogP contribution is -2.61. The number of carbonyl (C=O) groups is 3. The van der Waals surface area contributed by atoms with E-state index in [1.807, 2.05) is 0 Å². The third-order valence-corrected chi connectivity index (χ3v) is 8.23. The molecule has 5 rings (SSSR count). The van der Waals surface area contributed by atoms with Crippen LogP contribution >= 0.6 is 0 Å². The highest BCUT2D eigenvalue weighted by Crippen LogP contribution is 2.48. The number of esters is 3. The summed E-state index contributed by atoms with van der Waals surface area (Å²) in [4.78, 5) is 52.5. The molecular formula is C35H37NO11. The van der Waals surface area contributed by atoms with Gasteiger partial charge in [-0.3, -0.25) is 19.3 Å². The van der Waals surface area contributed by atoms with Crippen molar-refractivity contribution in [3.63, 3.8) is 0 Å². The normalized spacial score (nSPS) is 21.1. The van der Waals surface area contributed by atoms with Crippen LogP contribution in [0, 0.1) is 0 Å². The summed E-state index contributed by atoms with van der Waals surface area (Å²) in [6.07, 6.45) is -1.87. The summed E-state index contributed by atoms with van der Waals surface area (Å²) in [7, 11) is 6.52. The van der Waals surface area contributed by atoms with Crippen molar-refractivity contribution in [3.8, 4) is 17.2 Å². The Labute approximate surface area is 270 Å². The predicted molar refractivity (Wildman–Crippen MR) is 174 cm³/mol. The summed E-state index contributed by atoms with van der Waals surface area (Å²) in [5.41, 5.74) is 0.571. The summed E-state index contributed by atoms with van der Waals surface area (Å²) in [6.45, 7) is 9.41. The highest BCUT2D eigenvalue weighted by Gasteiger charge is 2.50. The molecule has 5 atom stereocenters. The SMILES string of the molecule is C=Cc1cc(OC)c2c(c1)c(=O)oc1c2cc(OC)c2c(OC(C)=O)ccc([C@@H]3O[C@@H](C)[C@H](OC(C)=O)[C@@H](N(C)C)[C@@H]3OC(C)=O)c21. The van der Waals surface area contributed by atoms with Crippen LogP contribution in [-0.2, 0) is 28.6 Å². The Hall–Kier alpha value is -4.94. The van der Waals surface area contributed by atoms with Gasteiger partial charge in [0.2, 0.25) is 0 Å². The van der Waals surface area contributed by atoms with Crippen molar-refractivity contribution in [1.82, 2.24) is 4.90 Å². The highest BCUT2D eigenvalue weighted by atomic mass is 16.6. The van der Waals surface area contributed by atoms with Crippen molar-refractivity contribution >= 4 is 56.5 Å². The average Bonchev–Trinajstić information content (AvgIpc) is 3.01. The third kappa shape index (κ3) is 6.01. The van der Waals surface area contributed by atoms with Gasteiger partial charge in [0, 0.05) is 36.9 Å². The number of ether oxygens (including phenoxy) is 6. The summed E-state index contributed by atoms with van der Waals surface area (Å²) in [5.74, 6) is -0.864. The Balaban J connectivity index is 1.95. The van der Waals surface area contributed by atoms with Crippen molar-refractivity contribution in [1.29, 1.82) is 0 Å². The maximum atomic E-state index is 13.7. The van der Waals surface area contributed by atoms with Crippen LogP contribution in [0.4, 0.5) is 0 Å². The summed E-state index contributed by atoms with van der Waals surface area (Å²) >= 11 is 0. The first-order valence-electron chi connectivity index (χ1n) is 14.9. The average molecular weight is 648 g/mol. The van der Waals surface area contributed by atoms with Crippen LogP contribution in [0.15, 0.2) is 46.1 Å². The van der Waals surface area contributed by atoms with Crippen LogP contribution in [0.1, 0.15) is 44.9 Å². The van der Waals surface area contributed by atoms with Crippen LogP contribution < -0.4 is 19.8 Å². The summed E-state index contributed by atoms with van der Waals surface area (Å²) < 4.78 is 41.5. The van der Waals surface area contributed by atoms with Crippen molar-refractivity contribution in [2.75, 3.05) is 28.3 Å². The van der Waals surface area contributed by atoms with Gasteiger partial charge < -0.3 is 32.8 Å². The van der Waals surface area contributed by atoms with Crippen molar-refractivity contribution in [3.05, 3.63) is 58.5 Å². The van der Waals surface area contributed by atoms with Crippen LogP contribution in [0.25, 0.3) is 38.6 Å². The van der Waals surface area contributed by atoms with E-state index in [0.29, 0.717) is 44.2 Å². The summed E-state index contributed by atoms with van der Waals surface area (Å²) in [6, 6.07) is 7.67. The lowest BCUT2D eigenvalue weighted by Gasteiger charge is -2.47. The standard InChI is InChI=1S/C35H37NO11/c1-10-20-13-23-27(25(14-20)41-8)22-15-26(42-9)29-24(44-17(3)37)12-11-21(28(29)32(22)47-35(23)40)33-34(46-19(5)39)30(36(6)7)31(16(2)43-33)45-18(4)38/h10-16,30-31,33-34H,1H2,2-9H3/t16-,30+,31-,33-,34-/m0/s1. The quantitative estimate of drug-likeness (QED) is 0.111. The number of likely N-dealkylation sites (N-methyl/N-ethyl adjacent to an activating group) is 1. The van der Waals surface area contributed by atoms with Gasteiger partial charge >= 0.3 is 23.5 Å². The van der Waals surface area contributed by atoms with E-state index in [-0.39, 0.29) is 16.7 Å². The number of fused-ring (bicyclic) bond motifs is 5. The topological polar surface area (TPSA) is 140 Å². The fourth-order valence-electron chi connectivity index (χ4n) is 6.47. The predicted octanol–water partition coefficient (Wildman–Crippen LogP) is 4.94. The lowest BCUT2D eigenvalue weighted by molar-refractivity contribution is -0.222. The molecule has 47 heavy (non-hydrogen) atoms. The van der Waals surface area contributed by atoms with E-state index in [0.717, 1.165) is 0 Å². The minimum atomic E-state index is -1.01. The van der Waals surface area contributed by atoms with E-state index in [1.54, 1.807) is 62.3 Å². The highest BCUT2D eigenvalue weighted by molar-refractivity contribution is 6.20. The van der Waals surface area contributed by atoms with Gasteiger partial charge in [-0.05, 0) is 56.4 Å². The number of rotatable bonds is 8. The van der Waals surface area contributed by atoms with E-state index in [9.17, 15) is 19.2 Å². The van der Waals surface area contributed by atoms with Gasteiger partial charge in [0.15, 0.2) is 6.10 Å². The molecule has 0 spiro atoms. The molecule has 1 aliphatic rings. The molecule has 0 unspecified atom stereocenters. The Bertz CT molecular complexity index is 1980. The fraction of sp³-hybridized carbons (Fsp3) is 0.371. The Morgan fingerprint density at radius 3 is 2.04 bits per heavy atom. The van der Waals surface area contributed by atoms with Gasteiger partial charge in [-0.15, -0.1) is 0 Å². The molecule has 2 heterocycles. The van der Waals surface area contributed by atoms with Gasteiger partial charge in [0.05, 0.1) is 37.1 Å². The molecule has 3 aromatic carbocycles. The minimum absolute atomic E-state index is 0.133. The second-order valence-electron chi connectivity index (χ2n) is 11.6. The van der Waals surface area contributed by atoms with Crippen LogP contribution in [0.5, 0.6) is 17.2 Å². The van der Waals surface area contributed by atoms with Gasteiger partial charge in [-0.2, -0.15) is 0 Å². The zero-order chi connectivity index (χ0) is 34.3. The number of methoxy groups -OCH3 is 2. The monoisotopic (exact) mass is 647 g/mol. The van der Waals surface area contributed by atoms with E-state index in [1.165, 1.54) is 35.0 Å². The van der Waals surface area contributed by atoms with Crippen LogP contribution in [-0.4, -0.2) is 75.5 Å². The number of hydrogen-bond acceptors (Lipinski definition) is 12. The molecule has 1 saturated heterocycles. The molecular weight excluding hydrogens is 610 g/mol. The van der Waals surface area contributed by atoms with E-state index in [2.05, 4.69) is 6.58 Å². The number of carbonyl (C=O) groups excluding carboxylic acids is 3. The molecule has 0 N–H and O–H groups in total. The number of benzene rings is 3. The van der Waals surface area contributed by atoms with Gasteiger partial charge in [0.25, 0.3) is 0 Å². The van der Waals surface area contributed by atoms with E-state index >= 15 is 0 Å². The second kappa shape index (κ2) is 13.0. The minimum Gasteiger partial charge on any atom is -0.496 e. The summed E-state index contributed by atoms with van der Waals surface area (Å²) in [5, 5.41) is 1.82.